The van der Waals surface area contributed by atoms with E-state index < -0.39 is 10.8 Å². The summed E-state index contributed by atoms with van der Waals surface area (Å²) >= 11 is 0. The lowest BCUT2D eigenvalue weighted by molar-refractivity contribution is -0.385. The average molecular weight is 373 g/mol. The van der Waals surface area contributed by atoms with Crippen LogP contribution in [0.15, 0.2) is 48.5 Å². The first-order valence-corrected chi connectivity index (χ1v) is 8.06. The molecule has 0 unspecified atom stereocenters. The number of amides is 2. The highest BCUT2D eigenvalue weighted by molar-refractivity contribution is 5.94. The first-order valence-electron chi connectivity index (χ1n) is 8.06. The Kier molecular flexibility index (Phi) is 7.12. The van der Waals surface area contributed by atoms with Crippen LogP contribution >= 0.6 is 0 Å². The molecule has 0 saturated carbocycles. The molecule has 0 radical (unpaired) electrons. The molecule has 0 fully saturated rings. The van der Waals surface area contributed by atoms with Crippen molar-refractivity contribution in [3.05, 3.63) is 64.2 Å². The zero-order valence-electron chi connectivity index (χ0n) is 14.6. The van der Waals surface area contributed by atoms with Crippen LogP contribution in [-0.2, 0) is 4.79 Å². The van der Waals surface area contributed by atoms with E-state index >= 15 is 0 Å². The van der Waals surface area contributed by atoms with Gasteiger partial charge in [0.25, 0.3) is 11.8 Å². The Bertz CT molecular complexity index is 807. The summed E-state index contributed by atoms with van der Waals surface area (Å²) < 4.78 is 10.2. The van der Waals surface area contributed by atoms with Crippen molar-refractivity contribution in [1.82, 2.24) is 10.6 Å². The predicted octanol–water partition coefficient (Wildman–Crippen LogP) is 1.53. The summed E-state index contributed by atoms with van der Waals surface area (Å²) in [5.41, 5.74) is 0.263. The lowest BCUT2D eigenvalue weighted by atomic mass is 10.2. The molecule has 2 rings (SSSR count). The number of hydrogen-bond donors (Lipinski definition) is 2. The first kappa shape index (κ1) is 19.7. The molecule has 27 heavy (non-hydrogen) atoms. The Morgan fingerprint density at radius 1 is 1.04 bits per heavy atom. The molecule has 0 aliphatic carbocycles. The highest BCUT2D eigenvalue weighted by Crippen LogP contribution is 2.25. The second-order valence-corrected chi connectivity index (χ2v) is 5.35. The van der Waals surface area contributed by atoms with Gasteiger partial charge in [-0.05, 0) is 30.3 Å². The van der Waals surface area contributed by atoms with Gasteiger partial charge in [0.1, 0.15) is 5.75 Å². The molecule has 2 aromatic rings. The van der Waals surface area contributed by atoms with Crippen LogP contribution in [0.4, 0.5) is 5.69 Å². The summed E-state index contributed by atoms with van der Waals surface area (Å²) in [5.74, 6) is -0.0576. The number of para-hydroxylation sites is 2. The van der Waals surface area contributed by atoms with E-state index in [0.717, 1.165) is 0 Å². The SMILES string of the molecule is COc1ccc(C(=O)NCCNC(=O)COc2ccccc2[N+](=O)[O-])cc1. The minimum absolute atomic E-state index is 0.0189. The maximum Gasteiger partial charge on any atom is 0.310 e. The summed E-state index contributed by atoms with van der Waals surface area (Å²) in [7, 11) is 1.54. The van der Waals surface area contributed by atoms with E-state index in [1.807, 2.05) is 0 Å². The lowest BCUT2D eigenvalue weighted by Gasteiger charge is -2.09. The number of nitrogens with one attached hydrogen (secondary N) is 2. The number of methoxy groups -OCH3 is 1. The number of ether oxygens (including phenoxy) is 2. The van der Waals surface area contributed by atoms with Gasteiger partial charge in [-0.25, -0.2) is 0 Å². The average Bonchev–Trinajstić information content (AvgIpc) is 2.69. The van der Waals surface area contributed by atoms with Gasteiger partial charge in [-0.15, -0.1) is 0 Å². The number of rotatable bonds is 9. The molecule has 9 heteroatoms. The summed E-state index contributed by atoms with van der Waals surface area (Å²) in [6.07, 6.45) is 0. The molecule has 2 amide bonds. The van der Waals surface area contributed by atoms with Gasteiger partial charge in [0.05, 0.1) is 12.0 Å². The number of nitro benzene ring substituents is 1. The summed E-state index contributed by atoms with van der Waals surface area (Å²) in [6.45, 7) is 0.0559. The van der Waals surface area contributed by atoms with Gasteiger partial charge in [-0.2, -0.15) is 0 Å². The van der Waals surface area contributed by atoms with Gasteiger partial charge >= 0.3 is 5.69 Å². The van der Waals surface area contributed by atoms with Crippen molar-refractivity contribution in [2.24, 2.45) is 0 Å². The van der Waals surface area contributed by atoms with E-state index in [9.17, 15) is 19.7 Å². The summed E-state index contributed by atoms with van der Waals surface area (Å²) in [6, 6.07) is 12.4. The number of carbonyl (C=O) groups is 2. The Morgan fingerprint density at radius 3 is 2.37 bits per heavy atom. The van der Waals surface area contributed by atoms with Crippen LogP contribution in [-0.4, -0.2) is 43.5 Å². The van der Waals surface area contributed by atoms with E-state index in [2.05, 4.69) is 10.6 Å². The van der Waals surface area contributed by atoms with Crippen molar-refractivity contribution in [3.8, 4) is 11.5 Å². The van der Waals surface area contributed by atoms with E-state index in [1.165, 1.54) is 25.3 Å². The van der Waals surface area contributed by atoms with Crippen molar-refractivity contribution in [2.75, 3.05) is 26.8 Å². The summed E-state index contributed by atoms with van der Waals surface area (Å²) in [5, 5.41) is 16.1. The predicted molar refractivity (Wildman–Crippen MR) is 96.9 cm³/mol. The van der Waals surface area contributed by atoms with Crippen molar-refractivity contribution < 1.29 is 24.0 Å². The van der Waals surface area contributed by atoms with Crippen molar-refractivity contribution >= 4 is 17.5 Å². The van der Waals surface area contributed by atoms with Crippen LogP contribution in [0.1, 0.15) is 10.4 Å². The standard InChI is InChI=1S/C18H19N3O6/c1-26-14-8-6-13(7-9-14)18(23)20-11-10-19-17(22)12-27-16-5-3-2-4-15(16)21(24)25/h2-9H,10-12H2,1H3,(H,19,22)(H,20,23). The maximum atomic E-state index is 11.9. The molecular weight excluding hydrogens is 354 g/mol. The fraction of sp³-hybridized carbons (Fsp3) is 0.222. The second-order valence-electron chi connectivity index (χ2n) is 5.35. The Morgan fingerprint density at radius 2 is 1.70 bits per heavy atom. The van der Waals surface area contributed by atoms with Crippen LogP contribution in [0, 0.1) is 10.1 Å². The third-order valence-corrected chi connectivity index (χ3v) is 3.51. The number of nitro groups is 1. The minimum Gasteiger partial charge on any atom is -0.497 e. The Balaban J connectivity index is 1.70. The molecule has 0 spiro atoms. The van der Waals surface area contributed by atoms with Crippen LogP contribution in [0.2, 0.25) is 0 Å². The van der Waals surface area contributed by atoms with Crippen molar-refractivity contribution in [2.45, 2.75) is 0 Å². The molecular formula is C18H19N3O6. The van der Waals surface area contributed by atoms with Gasteiger partial charge in [-0.3, -0.25) is 19.7 Å². The fourth-order valence-corrected chi connectivity index (χ4v) is 2.15. The quantitative estimate of drug-likeness (QED) is 0.391. The van der Waals surface area contributed by atoms with E-state index in [0.29, 0.717) is 11.3 Å². The highest BCUT2D eigenvalue weighted by atomic mass is 16.6. The number of nitrogens with zero attached hydrogens (tertiary/aromatic N) is 1. The molecule has 0 atom stereocenters. The van der Waals surface area contributed by atoms with Gasteiger partial charge < -0.3 is 20.1 Å². The van der Waals surface area contributed by atoms with E-state index in [-0.39, 0.29) is 37.0 Å². The molecule has 0 aromatic heterocycles. The molecule has 0 saturated heterocycles. The van der Waals surface area contributed by atoms with Crippen molar-refractivity contribution in [3.63, 3.8) is 0 Å². The number of carbonyl (C=O) groups excluding carboxylic acids is 2. The van der Waals surface area contributed by atoms with Crippen LogP contribution in [0.25, 0.3) is 0 Å². The number of hydrogen-bond acceptors (Lipinski definition) is 6. The summed E-state index contributed by atoms with van der Waals surface area (Å²) in [4.78, 5) is 34.0. The fourth-order valence-electron chi connectivity index (χ4n) is 2.15. The molecule has 9 nitrogen and oxygen atoms in total. The normalized spacial score (nSPS) is 9.96. The molecule has 0 heterocycles. The molecule has 142 valence electrons. The maximum absolute atomic E-state index is 11.9. The third kappa shape index (κ3) is 5.99. The molecule has 0 aliphatic heterocycles. The first-order chi connectivity index (χ1) is 13.0. The van der Waals surface area contributed by atoms with Gasteiger partial charge in [0.15, 0.2) is 12.4 Å². The van der Waals surface area contributed by atoms with Gasteiger partial charge in [0, 0.05) is 24.7 Å². The molecule has 2 aromatic carbocycles. The Hall–Kier alpha value is -3.62. The number of benzene rings is 2. The Labute approximate surface area is 155 Å². The van der Waals surface area contributed by atoms with Crippen LogP contribution in [0.5, 0.6) is 11.5 Å². The molecule has 0 bridgehead atoms. The highest BCUT2D eigenvalue weighted by Gasteiger charge is 2.14. The van der Waals surface area contributed by atoms with Gasteiger partial charge in [0.2, 0.25) is 0 Å². The van der Waals surface area contributed by atoms with Gasteiger partial charge in [-0.1, -0.05) is 12.1 Å². The van der Waals surface area contributed by atoms with Crippen molar-refractivity contribution in [1.29, 1.82) is 0 Å². The largest absolute Gasteiger partial charge is 0.497 e. The third-order valence-electron chi connectivity index (χ3n) is 3.51. The van der Waals surface area contributed by atoms with Crippen LogP contribution in [0.3, 0.4) is 0 Å². The minimum atomic E-state index is -0.581. The van der Waals surface area contributed by atoms with Crippen LogP contribution < -0.4 is 20.1 Å². The lowest BCUT2D eigenvalue weighted by Crippen LogP contribution is -2.36. The van der Waals surface area contributed by atoms with E-state index in [1.54, 1.807) is 30.3 Å². The smallest absolute Gasteiger partial charge is 0.310 e. The second kappa shape index (κ2) is 9.76. The topological polar surface area (TPSA) is 120 Å². The van der Waals surface area contributed by atoms with E-state index in [4.69, 9.17) is 9.47 Å². The zero-order valence-corrected chi connectivity index (χ0v) is 14.6. The molecule has 0 aliphatic rings. The monoisotopic (exact) mass is 373 g/mol. The molecule has 2 N–H and O–H groups in total. The zero-order chi connectivity index (χ0) is 19.6.